The lowest BCUT2D eigenvalue weighted by molar-refractivity contribution is -0.360. The van der Waals surface area contributed by atoms with Crippen molar-refractivity contribution in [2.24, 2.45) is 0 Å². The average Bonchev–Trinajstić information content (AvgIpc) is 3.06. The zero-order valence-corrected chi connectivity index (χ0v) is 24.4. The molecule has 230 valence electrons. The molecule has 9 heteroatoms. The minimum Gasteiger partial charge on any atom is -0.462 e. The van der Waals surface area contributed by atoms with Gasteiger partial charge in [0.15, 0.2) is 6.29 Å². The Hall–Kier alpha value is -2.86. The Balaban J connectivity index is 1.16. The Morgan fingerprint density at radius 2 is 1.23 bits per heavy atom. The summed E-state index contributed by atoms with van der Waals surface area (Å²) < 4.78 is 50.4. The third-order valence-corrected chi connectivity index (χ3v) is 7.78. The van der Waals surface area contributed by atoms with Crippen LogP contribution in [0.5, 0.6) is 5.75 Å². The van der Waals surface area contributed by atoms with Crippen molar-refractivity contribution in [3.63, 3.8) is 0 Å². The third-order valence-electron chi connectivity index (χ3n) is 7.78. The number of rotatable bonds is 5. The summed E-state index contributed by atoms with van der Waals surface area (Å²) in [4.78, 5) is 2.35. The van der Waals surface area contributed by atoms with Crippen LogP contribution in [0.25, 0.3) is 0 Å². The molecule has 3 aliphatic rings. The Labute approximate surface area is 253 Å². The van der Waals surface area contributed by atoms with Gasteiger partial charge in [0, 0.05) is 25.2 Å². The predicted molar refractivity (Wildman–Crippen MR) is 159 cm³/mol. The summed E-state index contributed by atoms with van der Waals surface area (Å²) in [7, 11) is 0. The highest BCUT2D eigenvalue weighted by Crippen LogP contribution is 2.37. The maximum absolute atomic E-state index is 6.52. The fourth-order valence-electron chi connectivity index (χ4n) is 5.61. The van der Waals surface area contributed by atoms with E-state index in [0.29, 0.717) is 52.0 Å². The van der Waals surface area contributed by atoms with Gasteiger partial charge in [-0.25, -0.2) is 0 Å². The number of ether oxygens (including phenoxy) is 8. The molecule has 3 saturated heterocycles. The zero-order valence-electron chi connectivity index (χ0n) is 24.4. The molecule has 0 aliphatic carbocycles. The van der Waals surface area contributed by atoms with Crippen molar-refractivity contribution in [1.82, 2.24) is 4.90 Å². The minimum absolute atomic E-state index is 0.336. The molecule has 0 unspecified atom stereocenters. The molecule has 0 bridgehead atoms. The van der Waals surface area contributed by atoms with Crippen LogP contribution in [0.4, 0.5) is 0 Å². The summed E-state index contributed by atoms with van der Waals surface area (Å²) in [6, 6.07) is 30.0. The van der Waals surface area contributed by atoms with Crippen molar-refractivity contribution in [3.8, 4) is 5.75 Å². The molecule has 0 spiro atoms. The average molecular weight is 592 g/mol. The Bertz CT molecular complexity index is 1200. The van der Waals surface area contributed by atoms with E-state index in [4.69, 9.17) is 37.9 Å². The van der Waals surface area contributed by atoms with Gasteiger partial charge in [-0.15, -0.1) is 0 Å². The van der Waals surface area contributed by atoms with Crippen LogP contribution in [0.3, 0.4) is 0 Å². The van der Waals surface area contributed by atoms with Gasteiger partial charge in [0.2, 0.25) is 6.29 Å². The molecule has 9 nitrogen and oxygen atoms in total. The number of hydrogen-bond donors (Lipinski definition) is 0. The van der Waals surface area contributed by atoms with Crippen LogP contribution in [0.15, 0.2) is 91.0 Å². The highest BCUT2D eigenvalue weighted by Gasteiger charge is 2.52. The van der Waals surface area contributed by atoms with E-state index in [9.17, 15) is 0 Å². The van der Waals surface area contributed by atoms with E-state index in [1.54, 1.807) is 0 Å². The molecule has 3 aliphatic heterocycles. The molecule has 6 atom stereocenters. The number of nitrogens with zero attached hydrogens (tertiary/aromatic N) is 1. The van der Waals surface area contributed by atoms with Gasteiger partial charge < -0.3 is 37.9 Å². The molecule has 0 saturated carbocycles. The smallest absolute Gasteiger partial charge is 0.229 e. The lowest BCUT2D eigenvalue weighted by Crippen LogP contribution is -2.64. The van der Waals surface area contributed by atoms with Gasteiger partial charge in [0.05, 0.1) is 46.2 Å². The molecule has 3 aromatic carbocycles. The number of benzene rings is 3. The van der Waals surface area contributed by atoms with Gasteiger partial charge in [-0.2, -0.15) is 0 Å². The lowest BCUT2D eigenvalue weighted by atomic mass is 9.97. The van der Waals surface area contributed by atoms with Crippen molar-refractivity contribution in [1.29, 1.82) is 0 Å². The molecule has 3 aromatic rings. The van der Waals surface area contributed by atoms with Crippen molar-refractivity contribution >= 4 is 0 Å². The predicted octanol–water partition coefficient (Wildman–Crippen LogP) is 4.22. The lowest BCUT2D eigenvalue weighted by Gasteiger charge is -2.48. The van der Waals surface area contributed by atoms with E-state index < -0.39 is 37.0 Å². The third kappa shape index (κ3) is 8.41. The molecular weight excluding hydrogens is 550 g/mol. The summed E-state index contributed by atoms with van der Waals surface area (Å²) in [5, 5.41) is 0. The zero-order chi connectivity index (χ0) is 29.1. The number of para-hydroxylation sites is 1. The van der Waals surface area contributed by atoms with Crippen LogP contribution in [-0.2, 0) is 39.7 Å². The van der Waals surface area contributed by atoms with Gasteiger partial charge in [0.1, 0.15) is 30.2 Å². The number of hydrogen-bond acceptors (Lipinski definition) is 9. The van der Waals surface area contributed by atoms with Crippen molar-refractivity contribution in [2.45, 2.75) is 43.5 Å². The first-order chi connectivity index (χ1) is 21.3. The first-order valence-electron chi connectivity index (χ1n) is 15.2. The van der Waals surface area contributed by atoms with Crippen LogP contribution >= 0.6 is 0 Å². The Morgan fingerprint density at radius 1 is 0.605 bits per heavy atom. The SMILES string of the molecule is c1ccc(CN2CCOCCO[C@@H]3[C@@H](OCCOCC2)[C@H](Oc2ccccc2)O[C@@H]2CO[C@@H](c4ccccc4)O[C@@H]32)cc1. The van der Waals surface area contributed by atoms with E-state index in [-0.39, 0.29) is 0 Å². The van der Waals surface area contributed by atoms with Crippen LogP contribution in [-0.4, -0.2) is 94.9 Å². The van der Waals surface area contributed by atoms with E-state index in [1.165, 1.54) is 5.56 Å². The van der Waals surface area contributed by atoms with Gasteiger partial charge in [-0.3, -0.25) is 4.90 Å². The molecule has 43 heavy (non-hydrogen) atoms. The molecule has 0 amide bonds. The maximum Gasteiger partial charge on any atom is 0.229 e. The molecule has 3 heterocycles. The van der Waals surface area contributed by atoms with Crippen molar-refractivity contribution < 1.29 is 37.9 Å². The van der Waals surface area contributed by atoms with E-state index >= 15 is 0 Å². The number of fused-ring (bicyclic) bond motifs is 3. The van der Waals surface area contributed by atoms with Crippen LogP contribution in [0, 0.1) is 0 Å². The summed E-state index contributed by atoms with van der Waals surface area (Å²) in [5.41, 5.74) is 2.20. The first kappa shape index (κ1) is 30.2. The van der Waals surface area contributed by atoms with Gasteiger partial charge >= 0.3 is 0 Å². The summed E-state index contributed by atoms with van der Waals surface area (Å²) in [5.74, 6) is 0.682. The second-order valence-corrected chi connectivity index (χ2v) is 10.8. The Kier molecular flexibility index (Phi) is 11.0. The largest absolute Gasteiger partial charge is 0.462 e. The molecule has 6 rings (SSSR count). The molecule has 0 radical (unpaired) electrons. The van der Waals surface area contributed by atoms with Crippen molar-refractivity contribution in [3.05, 3.63) is 102 Å². The van der Waals surface area contributed by atoms with Crippen LogP contribution < -0.4 is 4.74 Å². The van der Waals surface area contributed by atoms with Crippen LogP contribution in [0.1, 0.15) is 17.4 Å². The quantitative estimate of drug-likeness (QED) is 0.434. The van der Waals surface area contributed by atoms with Crippen molar-refractivity contribution in [2.75, 3.05) is 59.3 Å². The first-order valence-corrected chi connectivity index (χ1v) is 15.2. The minimum atomic E-state index is -0.730. The van der Waals surface area contributed by atoms with Gasteiger partial charge in [0.25, 0.3) is 0 Å². The van der Waals surface area contributed by atoms with Crippen LogP contribution in [0.2, 0.25) is 0 Å². The summed E-state index contributed by atoms with van der Waals surface area (Å²) in [6.07, 6.45) is -3.15. The highest BCUT2D eigenvalue weighted by molar-refractivity contribution is 5.22. The monoisotopic (exact) mass is 591 g/mol. The van der Waals surface area contributed by atoms with Gasteiger partial charge in [-0.1, -0.05) is 78.9 Å². The second-order valence-electron chi connectivity index (χ2n) is 10.8. The highest BCUT2D eigenvalue weighted by atomic mass is 16.8. The molecular formula is C34H41NO8. The van der Waals surface area contributed by atoms with E-state index in [0.717, 1.165) is 25.2 Å². The molecule has 0 aromatic heterocycles. The normalized spacial score (nSPS) is 29.8. The topological polar surface area (TPSA) is 77.1 Å². The fraction of sp³-hybridized carbons (Fsp3) is 0.471. The summed E-state index contributed by atoms with van der Waals surface area (Å²) in [6.45, 7) is 5.55. The maximum atomic E-state index is 6.52. The Morgan fingerprint density at radius 3 is 1.93 bits per heavy atom. The fourth-order valence-corrected chi connectivity index (χ4v) is 5.61. The van der Waals surface area contributed by atoms with E-state index in [2.05, 4.69) is 29.2 Å². The standard InChI is InChI=1S/C34H41NO8/c1-4-10-26(11-5-1)24-35-16-18-36-20-22-38-31-30-29(25-40-33(43-30)27-12-6-2-7-13-27)42-34(41-28-14-8-3-9-15-28)32(31)39-23-21-37-19-17-35/h1-15,29-34H,16-25H2/t29-,30-,31+,32-,33-,34-/m1/s1. The summed E-state index contributed by atoms with van der Waals surface area (Å²) >= 11 is 0. The second kappa shape index (κ2) is 15.7. The molecule has 0 N–H and O–H groups in total. The molecule has 3 fully saturated rings. The van der Waals surface area contributed by atoms with E-state index in [1.807, 2.05) is 66.7 Å². The van der Waals surface area contributed by atoms with Gasteiger partial charge in [-0.05, 0) is 17.7 Å².